The fraction of sp³-hybridized carbons (Fsp3) is 0.412. The van der Waals surface area contributed by atoms with Crippen molar-refractivity contribution in [1.29, 1.82) is 0 Å². The predicted octanol–water partition coefficient (Wildman–Crippen LogP) is 2.12. The molecule has 2 aromatic heterocycles. The lowest BCUT2D eigenvalue weighted by atomic mass is 9.94. The average molecular weight is 311 g/mol. The Morgan fingerprint density at radius 1 is 1.35 bits per heavy atom. The summed E-state index contributed by atoms with van der Waals surface area (Å²) in [4.78, 5) is 27.0. The molecule has 1 aliphatic heterocycles. The molecule has 1 amide bonds. The number of aromatic nitrogens is 3. The topological polar surface area (TPSA) is 71.0 Å². The zero-order valence-corrected chi connectivity index (χ0v) is 13.7. The normalized spacial score (nSPS) is 20.8. The van der Waals surface area contributed by atoms with Crippen LogP contribution in [0.15, 0.2) is 30.7 Å². The molecular weight excluding hydrogens is 290 g/mol. The standard InChI is InChI=1S/C17H21N5O/c1-11-8-19-12(2)17(21-11)20-10-14-7-15(23)22(3)16(14)13-5-4-6-18-9-13/h4-6,8-9,14,16H,7,10H2,1-3H3,(H,20,21)/t14-,16-/m0/s1. The number of amides is 1. The first-order valence-corrected chi connectivity index (χ1v) is 7.76. The van der Waals surface area contributed by atoms with Crippen LogP contribution in [0.1, 0.15) is 29.4 Å². The zero-order valence-electron chi connectivity index (χ0n) is 13.7. The largest absolute Gasteiger partial charge is 0.368 e. The van der Waals surface area contributed by atoms with Crippen LogP contribution in [-0.2, 0) is 4.79 Å². The first-order valence-electron chi connectivity index (χ1n) is 7.76. The highest BCUT2D eigenvalue weighted by Gasteiger charge is 2.38. The summed E-state index contributed by atoms with van der Waals surface area (Å²) in [5, 5.41) is 3.36. The van der Waals surface area contributed by atoms with Gasteiger partial charge in [-0.15, -0.1) is 0 Å². The van der Waals surface area contributed by atoms with Gasteiger partial charge < -0.3 is 10.2 Å². The second-order valence-electron chi connectivity index (χ2n) is 6.03. The lowest BCUT2D eigenvalue weighted by Gasteiger charge is -2.25. The first kappa shape index (κ1) is 15.4. The number of hydrogen-bond donors (Lipinski definition) is 1. The minimum atomic E-state index is 0.0433. The van der Waals surface area contributed by atoms with E-state index >= 15 is 0 Å². The van der Waals surface area contributed by atoms with Crippen molar-refractivity contribution < 1.29 is 4.79 Å². The molecule has 1 fully saturated rings. The van der Waals surface area contributed by atoms with Crippen LogP contribution in [0, 0.1) is 19.8 Å². The number of carbonyl (C=O) groups is 1. The van der Waals surface area contributed by atoms with Crippen LogP contribution in [0.25, 0.3) is 0 Å². The van der Waals surface area contributed by atoms with Gasteiger partial charge in [-0.25, -0.2) is 4.98 Å². The average Bonchev–Trinajstić information content (AvgIpc) is 2.84. The summed E-state index contributed by atoms with van der Waals surface area (Å²) in [5.74, 6) is 1.13. The van der Waals surface area contributed by atoms with E-state index in [9.17, 15) is 4.79 Å². The number of aryl methyl sites for hydroxylation is 2. The summed E-state index contributed by atoms with van der Waals surface area (Å²) >= 11 is 0. The summed E-state index contributed by atoms with van der Waals surface area (Å²) < 4.78 is 0. The van der Waals surface area contributed by atoms with E-state index in [4.69, 9.17) is 0 Å². The van der Waals surface area contributed by atoms with Crippen LogP contribution in [0.5, 0.6) is 0 Å². The lowest BCUT2D eigenvalue weighted by Crippen LogP contribution is -2.27. The van der Waals surface area contributed by atoms with Crippen molar-refractivity contribution >= 4 is 11.7 Å². The molecule has 0 bridgehead atoms. The van der Waals surface area contributed by atoms with Crippen molar-refractivity contribution in [3.8, 4) is 0 Å². The van der Waals surface area contributed by atoms with Crippen molar-refractivity contribution in [2.24, 2.45) is 5.92 Å². The summed E-state index contributed by atoms with van der Waals surface area (Å²) in [6, 6.07) is 3.98. The molecule has 23 heavy (non-hydrogen) atoms. The van der Waals surface area contributed by atoms with Crippen LogP contribution in [0.3, 0.4) is 0 Å². The highest BCUT2D eigenvalue weighted by Crippen LogP contribution is 2.36. The number of rotatable bonds is 4. The number of nitrogens with zero attached hydrogens (tertiary/aromatic N) is 4. The molecule has 0 aromatic carbocycles. The van der Waals surface area contributed by atoms with Crippen molar-refractivity contribution in [2.45, 2.75) is 26.3 Å². The molecule has 1 N–H and O–H groups in total. The molecule has 3 heterocycles. The Morgan fingerprint density at radius 2 is 2.17 bits per heavy atom. The molecule has 2 atom stereocenters. The number of likely N-dealkylation sites (tertiary alicyclic amines) is 1. The Balaban J connectivity index is 1.78. The quantitative estimate of drug-likeness (QED) is 0.936. The van der Waals surface area contributed by atoms with Gasteiger partial charge in [-0.05, 0) is 25.5 Å². The molecule has 0 radical (unpaired) electrons. The fourth-order valence-corrected chi connectivity index (χ4v) is 3.11. The molecule has 6 nitrogen and oxygen atoms in total. The third kappa shape index (κ3) is 3.16. The van der Waals surface area contributed by atoms with E-state index in [-0.39, 0.29) is 17.9 Å². The van der Waals surface area contributed by atoms with Crippen molar-refractivity contribution in [2.75, 3.05) is 18.9 Å². The van der Waals surface area contributed by atoms with Crippen LogP contribution in [0.2, 0.25) is 0 Å². The third-order valence-electron chi connectivity index (χ3n) is 4.33. The summed E-state index contributed by atoms with van der Waals surface area (Å²) in [7, 11) is 1.86. The maximum atomic E-state index is 12.2. The number of nitrogens with one attached hydrogen (secondary N) is 1. The Hall–Kier alpha value is -2.50. The van der Waals surface area contributed by atoms with Crippen LogP contribution >= 0.6 is 0 Å². The van der Waals surface area contributed by atoms with E-state index < -0.39 is 0 Å². The first-order chi connectivity index (χ1) is 11.1. The molecule has 120 valence electrons. The van der Waals surface area contributed by atoms with E-state index in [1.54, 1.807) is 12.4 Å². The highest BCUT2D eigenvalue weighted by atomic mass is 16.2. The minimum Gasteiger partial charge on any atom is -0.368 e. The molecule has 1 aliphatic rings. The molecular formula is C17H21N5O. The van der Waals surface area contributed by atoms with Gasteiger partial charge in [0.25, 0.3) is 0 Å². The van der Waals surface area contributed by atoms with Gasteiger partial charge in [-0.1, -0.05) is 6.07 Å². The van der Waals surface area contributed by atoms with Gasteiger partial charge in [-0.3, -0.25) is 14.8 Å². The van der Waals surface area contributed by atoms with E-state index in [0.717, 1.165) is 22.8 Å². The van der Waals surface area contributed by atoms with Crippen LogP contribution in [-0.4, -0.2) is 39.4 Å². The molecule has 6 heteroatoms. The summed E-state index contributed by atoms with van der Waals surface area (Å²) in [6.45, 7) is 4.52. The SMILES string of the molecule is Cc1cnc(C)c(NC[C@@H]2CC(=O)N(C)[C@H]2c2cccnc2)n1. The smallest absolute Gasteiger partial charge is 0.223 e. The number of anilines is 1. The minimum absolute atomic E-state index is 0.0433. The maximum absolute atomic E-state index is 12.2. The Labute approximate surface area is 136 Å². The van der Waals surface area contributed by atoms with Crippen LogP contribution in [0.4, 0.5) is 5.82 Å². The lowest BCUT2D eigenvalue weighted by molar-refractivity contribution is -0.127. The van der Waals surface area contributed by atoms with Gasteiger partial charge in [0, 0.05) is 44.5 Å². The predicted molar refractivity (Wildman–Crippen MR) is 87.9 cm³/mol. The van der Waals surface area contributed by atoms with Gasteiger partial charge in [-0.2, -0.15) is 0 Å². The zero-order chi connectivity index (χ0) is 16.4. The molecule has 1 saturated heterocycles. The van der Waals surface area contributed by atoms with Gasteiger partial charge in [0.2, 0.25) is 5.91 Å². The van der Waals surface area contributed by atoms with Crippen molar-refractivity contribution in [1.82, 2.24) is 19.9 Å². The van der Waals surface area contributed by atoms with Crippen molar-refractivity contribution in [3.05, 3.63) is 47.7 Å². The summed E-state index contributed by atoms with van der Waals surface area (Å²) in [6.07, 6.45) is 5.87. The number of pyridine rings is 1. The molecule has 0 aliphatic carbocycles. The van der Waals surface area contributed by atoms with Gasteiger partial charge in [0.1, 0.15) is 5.82 Å². The number of hydrogen-bond acceptors (Lipinski definition) is 5. The van der Waals surface area contributed by atoms with E-state index in [2.05, 4.69) is 20.3 Å². The van der Waals surface area contributed by atoms with Gasteiger partial charge in [0.15, 0.2) is 0 Å². The van der Waals surface area contributed by atoms with Crippen molar-refractivity contribution in [3.63, 3.8) is 0 Å². The Bertz CT molecular complexity index is 703. The summed E-state index contributed by atoms with van der Waals surface area (Å²) in [5.41, 5.74) is 2.81. The Kier molecular flexibility index (Phi) is 4.23. The second-order valence-corrected chi connectivity index (χ2v) is 6.03. The molecule has 2 aromatic rings. The fourth-order valence-electron chi connectivity index (χ4n) is 3.11. The molecule has 3 rings (SSSR count). The van der Waals surface area contributed by atoms with E-state index in [0.29, 0.717) is 13.0 Å². The maximum Gasteiger partial charge on any atom is 0.223 e. The monoisotopic (exact) mass is 311 g/mol. The van der Waals surface area contributed by atoms with Gasteiger partial charge in [0.05, 0.1) is 17.4 Å². The molecule has 0 saturated carbocycles. The third-order valence-corrected chi connectivity index (χ3v) is 4.33. The van der Waals surface area contributed by atoms with E-state index in [1.165, 1.54) is 0 Å². The second kappa shape index (κ2) is 6.32. The molecule has 0 unspecified atom stereocenters. The molecule has 0 spiro atoms. The number of carbonyl (C=O) groups excluding carboxylic acids is 1. The Morgan fingerprint density at radius 3 is 2.91 bits per heavy atom. The van der Waals surface area contributed by atoms with Gasteiger partial charge >= 0.3 is 0 Å². The highest BCUT2D eigenvalue weighted by molar-refractivity contribution is 5.79. The van der Waals surface area contributed by atoms with Crippen LogP contribution < -0.4 is 5.32 Å². The van der Waals surface area contributed by atoms with E-state index in [1.807, 2.05) is 44.1 Å².